The van der Waals surface area contributed by atoms with Gasteiger partial charge in [0, 0.05) is 21.1 Å². The van der Waals surface area contributed by atoms with E-state index in [1.165, 1.54) is 0 Å². The molecule has 17 heavy (non-hydrogen) atoms. The number of benzene rings is 1. The van der Waals surface area contributed by atoms with Gasteiger partial charge in [0.05, 0.1) is 0 Å². The first-order chi connectivity index (χ1) is 7.90. The van der Waals surface area contributed by atoms with Crippen LogP contribution in [0.1, 0.15) is 10.4 Å². The molecule has 1 atom stereocenters. The molecule has 94 valence electrons. The van der Waals surface area contributed by atoms with Crippen LogP contribution < -0.4 is 5.32 Å². The van der Waals surface area contributed by atoms with E-state index in [1.807, 2.05) is 0 Å². The van der Waals surface area contributed by atoms with Crippen molar-refractivity contribution in [3.8, 4) is 0 Å². The molecule has 0 aliphatic rings. The average molecular weight is 373 g/mol. The van der Waals surface area contributed by atoms with Gasteiger partial charge in [-0.1, -0.05) is 31.9 Å². The zero-order chi connectivity index (χ0) is 13.0. The number of alkyl halides is 2. The van der Waals surface area contributed by atoms with Gasteiger partial charge in [-0.25, -0.2) is 8.78 Å². The summed E-state index contributed by atoms with van der Waals surface area (Å²) in [5, 5.41) is 11.1. The fraction of sp³-hybridized carbons (Fsp3) is 0.300. The lowest BCUT2D eigenvalue weighted by molar-refractivity contribution is -0.00270. The van der Waals surface area contributed by atoms with E-state index < -0.39 is 25.0 Å². The van der Waals surface area contributed by atoms with Crippen molar-refractivity contribution in [2.75, 3.05) is 6.54 Å². The van der Waals surface area contributed by atoms with Crippen LogP contribution in [0, 0.1) is 0 Å². The Bertz CT molecular complexity index is 395. The summed E-state index contributed by atoms with van der Waals surface area (Å²) in [4.78, 5) is 11.6. The summed E-state index contributed by atoms with van der Waals surface area (Å²) in [7, 11) is 0. The number of rotatable bonds is 4. The largest absolute Gasteiger partial charge is 0.385 e. The molecule has 0 saturated carbocycles. The van der Waals surface area contributed by atoms with Crippen LogP contribution in [0.25, 0.3) is 0 Å². The van der Waals surface area contributed by atoms with Crippen molar-refractivity contribution < 1.29 is 18.7 Å². The van der Waals surface area contributed by atoms with Crippen molar-refractivity contribution in [3.05, 3.63) is 32.7 Å². The number of carbonyl (C=O) groups excluding carboxylic acids is 1. The van der Waals surface area contributed by atoms with Crippen LogP contribution >= 0.6 is 31.9 Å². The Labute approximate surface area is 113 Å². The highest BCUT2D eigenvalue weighted by atomic mass is 79.9. The molecular weight excluding hydrogens is 364 g/mol. The third-order valence-corrected chi connectivity index (χ3v) is 2.80. The topological polar surface area (TPSA) is 49.3 Å². The maximum absolute atomic E-state index is 12.0. The monoisotopic (exact) mass is 371 g/mol. The molecule has 0 heterocycles. The van der Waals surface area contributed by atoms with Crippen molar-refractivity contribution in [1.29, 1.82) is 0 Å². The van der Waals surface area contributed by atoms with Crippen molar-refractivity contribution in [2.45, 2.75) is 12.5 Å². The third kappa shape index (κ3) is 4.69. The number of hydrogen-bond acceptors (Lipinski definition) is 2. The van der Waals surface area contributed by atoms with Crippen LogP contribution in [0.3, 0.4) is 0 Å². The van der Waals surface area contributed by atoms with E-state index in [1.54, 1.807) is 18.2 Å². The Kier molecular flexibility index (Phi) is 5.48. The van der Waals surface area contributed by atoms with Crippen LogP contribution in [0.5, 0.6) is 0 Å². The summed E-state index contributed by atoms with van der Waals surface area (Å²) < 4.78 is 25.4. The molecule has 0 aliphatic heterocycles. The lowest BCUT2D eigenvalue weighted by Gasteiger charge is -2.11. The van der Waals surface area contributed by atoms with E-state index in [9.17, 15) is 13.6 Å². The maximum atomic E-state index is 12.0. The number of hydrogen-bond donors (Lipinski definition) is 2. The third-order valence-electron chi connectivity index (χ3n) is 1.89. The second-order valence-electron chi connectivity index (χ2n) is 3.27. The van der Waals surface area contributed by atoms with E-state index in [0.717, 1.165) is 0 Å². The second-order valence-corrected chi connectivity index (χ2v) is 5.10. The number of carbonyl (C=O) groups is 1. The van der Waals surface area contributed by atoms with E-state index in [4.69, 9.17) is 5.11 Å². The van der Waals surface area contributed by atoms with Gasteiger partial charge in [0.25, 0.3) is 12.3 Å². The summed E-state index contributed by atoms with van der Waals surface area (Å²) in [6.45, 7) is -0.485. The molecule has 7 heteroatoms. The molecule has 1 unspecified atom stereocenters. The Morgan fingerprint density at radius 1 is 1.29 bits per heavy atom. The SMILES string of the molecule is O=C(NCC(O)C(F)F)c1cc(Br)cc(Br)c1. The van der Waals surface area contributed by atoms with Gasteiger partial charge < -0.3 is 10.4 Å². The highest BCUT2D eigenvalue weighted by Crippen LogP contribution is 2.20. The van der Waals surface area contributed by atoms with E-state index in [2.05, 4.69) is 37.2 Å². The molecular formula is C10H9Br2F2NO2. The van der Waals surface area contributed by atoms with E-state index in [0.29, 0.717) is 14.5 Å². The van der Waals surface area contributed by atoms with Crippen LogP contribution in [-0.4, -0.2) is 30.1 Å². The molecule has 3 nitrogen and oxygen atoms in total. The lowest BCUT2D eigenvalue weighted by Crippen LogP contribution is -2.35. The molecule has 0 aliphatic carbocycles. The van der Waals surface area contributed by atoms with Gasteiger partial charge in [0.1, 0.15) is 6.10 Å². The van der Waals surface area contributed by atoms with Crippen LogP contribution in [0.2, 0.25) is 0 Å². The van der Waals surface area contributed by atoms with Crippen LogP contribution in [-0.2, 0) is 0 Å². The molecule has 0 spiro atoms. The predicted octanol–water partition coefficient (Wildman–Crippen LogP) is 2.57. The number of aliphatic hydroxyl groups excluding tert-OH is 1. The first-order valence-electron chi connectivity index (χ1n) is 4.60. The number of amides is 1. The molecule has 0 aromatic heterocycles. The predicted molar refractivity (Wildman–Crippen MR) is 66.2 cm³/mol. The molecule has 1 aromatic carbocycles. The van der Waals surface area contributed by atoms with Gasteiger partial charge in [-0.3, -0.25) is 4.79 Å². The average Bonchev–Trinajstić information content (AvgIpc) is 2.23. The van der Waals surface area contributed by atoms with Crippen LogP contribution in [0.15, 0.2) is 27.1 Å². The van der Waals surface area contributed by atoms with Crippen molar-refractivity contribution in [2.24, 2.45) is 0 Å². The Morgan fingerprint density at radius 2 is 1.82 bits per heavy atom. The summed E-state index contributed by atoms with van der Waals surface area (Å²) in [5.41, 5.74) is 0.313. The molecule has 1 amide bonds. The quantitative estimate of drug-likeness (QED) is 0.853. The number of halogens is 4. The van der Waals surface area contributed by atoms with Gasteiger partial charge in [-0.15, -0.1) is 0 Å². The molecule has 0 bridgehead atoms. The highest BCUT2D eigenvalue weighted by molar-refractivity contribution is 9.11. The standard InChI is InChI=1S/C10H9Br2F2NO2/c11-6-1-5(2-7(12)3-6)10(17)15-4-8(16)9(13)14/h1-3,8-9,16H,4H2,(H,15,17). The minimum atomic E-state index is -2.87. The summed E-state index contributed by atoms with van der Waals surface area (Å²) in [6, 6.07) is 4.84. The highest BCUT2D eigenvalue weighted by Gasteiger charge is 2.18. The summed E-state index contributed by atoms with van der Waals surface area (Å²) in [6.07, 6.45) is -4.72. The molecule has 1 aromatic rings. The summed E-state index contributed by atoms with van der Waals surface area (Å²) in [5.74, 6) is -0.522. The van der Waals surface area contributed by atoms with Crippen molar-refractivity contribution >= 4 is 37.8 Å². The van der Waals surface area contributed by atoms with E-state index in [-0.39, 0.29) is 0 Å². The van der Waals surface area contributed by atoms with Gasteiger partial charge in [-0.05, 0) is 18.2 Å². The molecule has 0 fully saturated rings. The molecule has 1 rings (SSSR count). The Morgan fingerprint density at radius 3 is 2.29 bits per heavy atom. The lowest BCUT2D eigenvalue weighted by atomic mass is 10.2. The molecule has 0 saturated heterocycles. The van der Waals surface area contributed by atoms with Gasteiger partial charge >= 0.3 is 0 Å². The van der Waals surface area contributed by atoms with Gasteiger partial charge in [-0.2, -0.15) is 0 Å². The number of nitrogens with one attached hydrogen (secondary N) is 1. The van der Waals surface area contributed by atoms with Crippen LogP contribution in [0.4, 0.5) is 8.78 Å². The summed E-state index contributed by atoms with van der Waals surface area (Å²) >= 11 is 6.41. The molecule has 2 N–H and O–H groups in total. The second kappa shape index (κ2) is 6.42. The fourth-order valence-corrected chi connectivity index (χ4v) is 2.37. The molecule has 0 radical (unpaired) electrons. The Balaban J connectivity index is 2.64. The van der Waals surface area contributed by atoms with Gasteiger partial charge in [0.2, 0.25) is 0 Å². The smallest absolute Gasteiger partial charge is 0.265 e. The normalized spacial score (nSPS) is 12.6. The zero-order valence-corrected chi connectivity index (χ0v) is 11.6. The van der Waals surface area contributed by atoms with Crippen molar-refractivity contribution in [3.63, 3.8) is 0 Å². The number of aliphatic hydroxyl groups is 1. The van der Waals surface area contributed by atoms with Gasteiger partial charge in [0.15, 0.2) is 0 Å². The Hall–Kier alpha value is -0.530. The minimum absolute atomic E-state index is 0.313. The zero-order valence-electron chi connectivity index (χ0n) is 8.46. The first kappa shape index (κ1) is 14.5. The fourth-order valence-electron chi connectivity index (χ4n) is 1.07. The maximum Gasteiger partial charge on any atom is 0.265 e. The first-order valence-corrected chi connectivity index (χ1v) is 6.19. The minimum Gasteiger partial charge on any atom is -0.385 e. The van der Waals surface area contributed by atoms with E-state index >= 15 is 0 Å². The van der Waals surface area contributed by atoms with Crippen molar-refractivity contribution in [1.82, 2.24) is 5.32 Å².